The van der Waals surface area contributed by atoms with E-state index in [2.05, 4.69) is 20.8 Å². The second-order valence-electron chi connectivity index (χ2n) is 9.57. The van der Waals surface area contributed by atoms with Crippen molar-refractivity contribution in [2.24, 2.45) is 23.7 Å². The van der Waals surface area contributed by atoms with Crippen LogP contribution in [0.2, 0.25) is 0 Å². The summed E-state index contributed by atoms with van der Waals surface area (Å²) in [7, 11) is 0. The van der Waals surface area contributed by atoms with Crippen molar-refractivity contribution >= 4 is 5.97 Å². The second kappa shape index (κ2) is 7.86. The fourth-order valence-electron chi connectivity index (χ4n) is 5.89. The average Bonchev–Trinajstić information content (AvgIpc) is 2.89. The molecule has 6 nitrogen and oxygen atoms in total. The molecule has 4 saturated heterocycles. The van der Waals surface area contributed by atoms with E-state index in [9.17, 15) is 4.79 Å². The summed E-state index contributed by atoms with van der Waals surface area (Å²) in [4.78, 5) is 24.3. The van der Waals surface area contributed by atoms with Gasteiger partial charge in [0, 0.05) is 24.7 Å². The lowest BCUT2D eigenvalue weighted by atomic mass is 9.58. The molecule has 5 fully saturated rings. The van der Waals surface area contributed by atoms with Crippen molar-refractivity contribution in [3.05, 3.63) is 0 Å². The number of carbonyl (C=O) groups excluding carboxylic acids is 1. The normalized spacial score (nSPS) is 47.3. The third-order valence-corrected chi connectivity index (χ3v) is 7.58. The van der Waals surface area contributed by atoms with Crippen molar-refractivity contribution in [1.29, 1.82) is 0 Å². The summed E-state index contributed by atoms with van der Waals surface area (Å²) in [5.74, 6) is 0.112. The first-order valence-electron chi connectivity index (χ1n) is 11.3. The second-order valence-corrected chi connectivity index (χ2v) is 9.57. The van der Waals surface area contributed by atoms with Gasteiger partial charge < -0.3 is 14.2 Å². The molecule has 28 heavy (non-hydrogen) atoms. The summed E-state index contributed by atoms with van der Waals surface area (Å²) in [5.41, 5.74) is -0.600. The molecule has 1 spiro atoms. The van der Waals surface area contributed by atoms with E-state index in [1.807, 2.05) is 6.92 Å². The Morgan fingerprint density at radius 2 is 1.89 bits per heavy atom. The van der Waals surface area contributed by atoms with E-state index >= 15 is 0 Å². The van der Waals surface area contributed by atoms with Crippen LogP contribution in [-0.2, 0) is 28.8 Å². The van der Waals surface area contributed by atoms with Gasteiger partial charge >= 0.3 is 5.97 Å². The Kier molecular flexibility index (Phi) is 5.78. The van der Waals surface area contributed by atoms with Crippen LogP contribution in [0.25, 0.3) is 0 Å². The van der Waals surface area contributed by atoms with Crippen LogP contribution < -0.4 is 0 Å². The Bertz CT molecular complexity index is 581. The molecule has 4 aliphatic heterocycles. The first-order chi connectivity index (χ1) is 13.4. The van der Waals surface area contributed by atoms with E-state index in [1.165, 1.54) is 0 Å². The summed E-state index contributed by atoms with van der Waals surface area (Å²) in [6.45, 7) is 8.48. The average molecular weight is 397 g/mol. The van der Waals surface area contributed by atoms with Crippen LogP contribution in [0, 0.1) is 23.7 Å². The molecule has 5 rings (SSSR count). The summed E-state index contributed by atoms with van der Waals surface area (Å²) in [5, 5.41) is 0. The maximum absolute atomic E-state index is 12.4. The van der Waals surface area contributed by atoms with Crippen LogP contribution in [0.5, 0.6) is 0 Å². The largest absolute Gasteiger partial charge is 0.435 e. The predicted octanol–water partition coefficient (Wildman–Crippen LogP) is 4.71. The van der Waals surface area contributed by atoms with Crippen LogP contribution in [0.4, 0.5) is 0 Å². The fourth-order valence-corrected chi connectivity index (χ4v) is 5.89. The van der Waals surface area contributed by atoms with Crippen molar-refractivity contribution in [2.75, 3.05) is 0 Å². The van der Waals surface area contributed by atoms with Gasteiger partial charge in [0.25, 0.3) is 0 Å². The van der Waals surface area contributed by atoms with Crippen LogP contribution in [0.15, 0.2) is 0 Å². The van der Waals surface area contributed by atoms with Crippen molar-refractivity contribution in [3.8, 4) is 0 Å². The predicted molar refractivity (Wildman–Crippen MR) is 102 cm³/mol. The van der Waals surface area contributed by atoms with E-state index in [1.54, 1.807) is 0 Å². The summed E-state index contributed by atoms with van der Waals surface area (Å²) >= 11 is 0. The highest BCUT2D eigenvalue weighted by Crippen LogP contribution is 2.60. The first-order valence-corrected chi connectivity index (χ1v) is 11.3. The molecular weight excluding hydrogens is 360 g/mol. The Morgan fingerprint density at radius 1 is 1.07 bits per heavy atom. The number of hydrogen-bond acceptors (Lipinski definition) is 6. The van der Waals surface area contributed by atoms with E-state index in [0.717, 1.165) is 51.4 Å². The molecule has 4 heterocycles. The Hall–Kier alpha value is -0.690. The zero-order valence-electron chi connectivity index (χ0n) is 17.8. The molecule has 0 amide bonds. The Morgan fingerprint density at radius 3 is 2.68 bits per heavy atom. The first kappa shape index (κ1) is 20.6. The van der Waals surface area contributed by atoms with Crippen molar-refractivity contribution in [3.63, 3.8) is 0 Å². The Labute approximate surface area is 168 Å². The third kappa shape index (κ3) is 3.40. The van der Waals surface area contributed by atoms with Crippen LogP contribution in [0.3, 0.4) is 0 Å². The molecule has 8 atom stereocenters. The summed E-state index contributed by atoms with van der Waals surface area (Å²) in [6, 6.07) is 0. The number of fused-ring (bicyclic) bond motifs is 2. The molecule has 0 aromatic carbocycles. The van der Waals surface area contributed by atoms with Crippen LogP contribution >= 0.6 is 0 Å². The van der Waals surface area contributed by atoms with Gasteiger partial charge in [0.05, 0.1) is 0 Å². The summed E-state index contributed by atoms with van der Waals surface area (Å²) < 4.78 is 18.4. The quantitative estimate of drug-likeness (QED) is 0.368. The SMILES string of the molecule is CCCCCCC(=O)O[C@@H]1O[C@@H]2O[C@@]3(C)CC[C@H]4[C@H](C)CC[C@@H]([C@H]1C)[C@@]24OO3. The molecule has 0 aromatic heterocycles. The Balaban J connectivity index is 1.51. The molecule has 160 valence electrons. The van der Waals surface area contributed by atoms with Gasteiger partial charge in [-0.1, -0.05) is 40.0 Å². The zero-order valence-corrected chi connectivity index (χ0v) is 17.8. The molecule has 1 aliphatic carbocycles. The number of hydrogen-bond donors (Lipinski definition) is 0. The number of ether oxygens (including phenoxy) is 3. The van der Waals surface area contributed by atoms with Gasteiger partial charge in [0.1, 0.15) is 0 Å². The van der Waals surface area contributed by atoms with E-state index in [-0.39, 0.29) is 17.8 Å². The van der Waals surface area contributed by atoms with Gasteiger partial charge in [0.15, 0.2) is 11.9 Å². The minimum absolute atomic E-state index is 0.0421. The van der Waals surface area contributed by atoms with Crippen molar-refractivity contribution in [2.45, 2.75) is 109 Å². The smallest absolute Gasteiger partial charge is 0.308 e. The van der Waals surface area contributed by atoms with Gasteiger partial charge in [-0.3, -0.25) is 4.79 Å². The van der Waals surface area contributed by atoms with E-state index < -0.39 is 24.0 Å². The maximum Gasteiger partial charge on any atom is 0.308 e. The van der Waals surface area contributed by atoms with E-state index in [4.69, 9.17) is 24.0 Å². The molecule has 6 heteroatoms. The molecular formula is C22H36O6. The minimum atomic E-state index is -0.799. The molecule has 0 unspecified atom stereocenters. The molecule has 0 aromatic rings. The highest BCUT2D eigenvalue weighted by molar-refractivity contribution is 5.69. The highest BCUT2D eigenvalue weighted by Gasteiger charge is 2.69. The molecule has 0 N–H and O–H groups in total. The molecule has 2 bridgehead atoms. The third-order valence-electron chi connectivity index (χ3n) is 7.58. The monoisotopic (exact) mass is 396 g/mol. The molecule has 0 radical (unpaired) electrons. The maximum atomic E-state index is 12.4. The van der Waals surface area contributed by atoms with Gasteiger partial charge in [-0.25, -0.2) is 9.78 Å². The number of unbranched alkanes of at least 4 members (excludes halogenated alkanes) is 3. The topological polar surface area (TPSA) is 63.2 Å². The van der Waals surface area contributed by atoms with Crippen LogP contribution in [-0.4, -0.2) is 29.9 Å². The van der Waals surface area contributed by atoms with Gasteiger partial charge in [-0.2, -0.15) is 0 Å². The molecule has 1 saturated carbocycles. The lowest BCUT2D eigenvalue weighted by Crippen LogP contribution is -2.70. The van der Waals surface area contributed by atoms with E-state index in [0.29, 0.717) is 18.3 Å². The van der Waals surface area contributed by atoms with Crippen molar-refractivity contribution in [1.82, 2.24) is 0 Å². The summed E-state index contributed by atoms with van der Waals surface area (Å²) in [6.07, 6.45) is 7.49. The fraction of sp³-hybridized carbons (Fsp3) is 0.955. The van der Waals surface area contributed by atoms with Gasteiger partial charge in [-0.15, -0.1) is 0 Å². The number of esters is 1. The minimum Gasteiger partial charge on any atom is -0.435 e. The lowest BCUT2D eigenvalue weighted by Gasteiger charge is -2.59. The standard InChI is InChI=1S/C22H36O6/c1-5-6-7-8-9-18(23)24-19-15(3)17-11-10-14(2)16-12-13-21(4)26-20(25-19)22(16,17)28-27-21/h14-17,19-20H,5-13H2,1-4H3/t14-,15-,16+,17+,19-,20-,21-,22-/m1/s1. The molecule has 5 aliphatic rings. The van der Waals surface area contributed by atoms with Crippen molar-refractivity contribution < 1.29 is 28.8 Å². The van der Waals surface area contributed by atoms with Crippen LogP contribution in [0.1, 0.15) is 85.5 Å². The zero-order chi connectivity index (χ0) is 19.9. The lowest BCUT2D eigenvalue weighted by molar-refractivity contribution is -0.576. The number of carbonyl (C=O) groups is 1. The van der Waals surface area contributed by atoms with Gasteiger partial charge in [0.2, 0.25) is 12.1 Å². The number of rotatable bonds is 6. The highest BCUT2D eigenvalue weighted by atomic mass is 17.3. The van der Waals surface area contributed by atoms with Gasteiger partial charge in [-0.05, 0) is 44.4 Å².